The molecule has 31 nitrogen and oxygen atoms in total. The molecule has 3 saturated carbocycles. The van der Waals surface area contributed by atoms with E-state index >= 15 is 0 Å². The predicted molar refractivity (Wildman–Crippen MR) is 388 cm³/mol. The van der Waals surface area contributed by atoms with Crippen molar-refractivity contribution >= 4 is 75.5 Å². The molecule has 2 amide bonds. The maximum atomic E-state index is 13.8. The Labute approximate surface area is 623 Å². The molecule has 588 valence electrons. The minimum atomic E-state index is -2.85. The van der Waals surface area contributed by atoms with Gasteiger partial charge in [-0.15, -0.1) is 0 Å². The number of amides is 2. The van der Waals surface area contributed by atoms with Crippen molar-refractivity contribution in [2.45, 2.75) is 193 Å². The number of aliphatic hydroxyl groups is 2. The van der Waals surface area contributed by atoms with E-state index in [1.54, 1.807) is 23.3 Å². The van der Waals surface area contributed by atoms with Gasteiger partial charge in [-0.3, -0.25) is 23.6 Å². The summed E-state index contributed by atoms with van der Waals surface area (Å²) in [6.07, 6.45) is 16.1. The Morgan fingerprint density at radius 1 is 0.486 bits per heavy atom. The van der Waals surface area contributed by atoms with Gasteiger partial charge in [0.05, 0.1) is 90.4 Å². The van der Waals surface area contributed by atoms with Crippen LogP contribution in [0.2, 0.25) is 0 Å². The van der Waals surface area contributed by atoms with Crippen LogP contribution in [0.1, 0.15) is 204 Å². The van der Waals surface area contributed by atoms with Crippen molar-refractivity contribution in [2.24, 2.45) is 17.8 Å². The van der Waals surface area contributed by atoms with Crippen LogP contribution in [0.3, 0.4) is 0 Å². The second kappa shape index (κ2) is 34.8. The highest BCUT2D eigenvalue weighted by molar-refractivity contribution is 6.09. The number of nitrogen functional groups attached to an aromatic ring is 1. The third kappa shape index (κ3) is 18.7. The number of rotatable bonds is 17. The molecule has 0 bridgehead atoms. The van der Waals surface area contributed by atoms with E-state index in [4.69, 9.17) is 30.2 Å². The molecule has 6 aliphatic rings. The molecule has 0 radical (unpaired) electrons. The largest absolute Gasteiger partial charge is 0.477 e. The third-order valence-electron chi connectivity index (χ3n) is 20.6. The first-order valence-corrected chi connectivity index (χ1v) is 36.9. The number of ether oxygens (including phenoxy) is 3. The van der Waals surface area contributed by atoms with Gasteiger partial charge in [0.15, 0.2) is 34.0 Å². The van der Waals surface area contributed by atoms with Gasteiger partial charge in [-0.05, 0) is 149 Å². The van der Waals surface area contributed by atoms with Crippen LogP contribution in [0.25, 0.3) is 16.9 Å². The molecule has 15 rings (SSSR count). The van der Waals surface area contributed by atoms with Crippen molar-refractivity contribution in [1.29, 1.82) is 0 Å². The molecule has 7 N–H and O–H groups in total. The molecule has 0 aromatic carbocycles. The highest BCUT2D eigenvalue weighted by atomic mass is 19.3. The van der Waals surface area contributed by atoms with E-state index in [0.717, 1.165) is 76.6 Å². The number of aromatic nitrogens is 15. The molecule has 6 atom stereocenters. The van der Waals surface area contributed by atoms with E-state index in [9.17, 15) is 50.6 Å². The molecule has 109 heavy (non-hydrogen) atoms. The molecule has 12 heterocycles. The lowest BCUT2D eigenvalue weighted by Gasteiger charge is -2.36. The number of fused-ring (bicyclic) bond motifs is 3. The van der Waals surface area contributed by atoms with Crippen LogP contribution in [0.5, 0.6) is 0 Å². The second-order valence-corrected chi connectivity index (χ2v) is 29.1. The number of aromatic carboxylic acids is 1. The maximum absolute atomic E-state index is 13.8. The Bertz CT molecular complexity index is 4550. The number of nitrogens with two attached hydrogens (primary N) is 1. The molecule has 9 aromatic rings. The van der Waals surface area contributed by atoms with E-state index in [0.29, 0.717) is 86.4 Å². The average Bonchev–Trinajstić information content (AvgIpc) is 1.77. The summed E-state index contributed by atoms with van der Waals surface area (Å²) in [5, 5.41) is 57.2. The van der Waals surface area contributed by atoms with Gasteiger partial charge in [0.1, 0.15) is 40.4 Å². The number of hydrogen-bond donors (Lipinski definition) is 6. The zero-order chi connectivity index (χ0) is 77.5. The molecule has 3 aliphatic heterocycles. The fourth-order valence-corrected chi connectivity index (χ4v) is 15.2. The van der Waals surface area contributed by atoms with Gasteiger partial charge in [-0.1, -0.05) is 0 Å². The van der Waals surface area contributed by atoms with Crippen molar-refractivity contribution in [3.63, 3.8) is 0 Å². The van der Waals surface area contributed by atoms with Gasteiger partial charge < -0.3 is 65.4 Å². The molecule has 0 spiro atoms. The molecule has 3 aliphatic carbocycles. The summed E-state index contributed by atoms with van der Waals surface area (Å²) in [6, 6.07) is 5.49. The number of nitrogens with zero attached hydrogens (tertiary/aromatic N) is 18. The Morgan fingerprint density at radius 3 is 1.11 bits per heavy atom. The number of carbonyl (C=O) groups excluding carboxylic acids is 3. The summed E-state index contributed by atoms with van der Waals surface area (Å²) in [5.74, 6) is 0.521. The normalized spacial score (nSPS) is 24.7. The zero-order valence-corrected chi connectivity index (χ0v) is 61.4. The number of nitrogens with one attached hydrogen (secondary N) is 2. The van der Waals surface area contributed by atoms with Crippen LogP contribution in [-0.2, 0) is 19.0 Å². The standard InChI is InChI=1S/C24H31F2N7O3.C24H29F2N7O3.C13H16N4O3.C11H17F2N3O/c2*1-14-10-31(11-15(2)36-14)20-7-8-32-23(29-20)18(9-27-32)24(35)28-19-12-33(30-21(19)22(25)26)17-5-3-16(13-34)4-6-17;1-8-6-16(7-9(2)20-8)11-3-4-17-12(15-11)10(5-14-17)13(18)19;12-11(13)10-9(14)5-16(15-10)8-3-1-7(6-17)2-4-8/h7-9,12,14-17,22,34H,3-6,10-11,13H2,1-2H3,(H,28,35);7-9,12-17,22H,3-6,10-11H2,1-2H3,(H,28,35);3-5,8-9H,6-7H2,1-2H3,(H,18,19);5,7-8,11,17H,1-4,6,14H2/t2*14-,15-,16?,17?;8-,9-;/m000./s1. The molecule has 37 heteroatoms. The summed E-state index contributed by atoms with van der Waals surface area (Å²) in [6.45, 7) is 16.5. The molecule has 0 unspecified atom stereocenters. The lowest BCUT2D eigenvalue weighted by molar-refractivity contribution is -0.112. The van der Waals surface area contributed by atoms with Crippen LogP contribution in [0.4, 0.5) is 60.9 Å². The quantitative estimate of drug-likeness (QED) is 0.0364. The van der Waals surface area contributed by atoms with Crippen molar-refractivity contribution in [2.75, 3.05) is 83.5 Å². The first kappa shape index (κ1) is 78.7. The molecule has 3 saturated heterocycles. The molecular formula is C72H93F6N21O10. The van der Waals surface area contributed by atoms with Crippen LogP contribution in [0, 0.1) is 17.8 Å². The van der Waals surface area contributed by atoms with Crippen molar-refractivity contribution in [3.8, 4) is 0 Å². The monoisotopic (exact) mass is 1530 g/mol. The SMILES string of the molecule is C[C@H]1CN(c2ccn3ncc(C(=O)Nc4cn(C5CCC(C=O)CC5)nc4C(F)F)c3n2)C[C@H](C)O1.C[C@H]1CN(c2ccn3ncc(C(=O)Nc4cn(C5CCC(CO)CC5)nc4C(F)F)c3n2)C[C@H](C)O1.C[C@H]1CN(c2ccn3ncc(C(=O)O)c3n2)C[C@H](C)O1.Nc1cn(C2CCC(CO)CC2)nc1C(F)F. The number of halogens is 6. The van der Waals surface area contributed by atoms with Gasteiger partial charge >= 0.3 is 5.97 Å². The van der Waals surface area contributed by atoms with Gasteiger partial charge in [0.2, 0.25) is 0 Å². The number of hydrogen-bond acceptors (Lipinski definition) is 22. The topological polar surface area (TPSA) is 360 Å². The number of morpholine rings is 3. The van der Waals surface area contributed by atoms with E-state index in [1.165, 1.54) is 60.1 Å². The number of carbonyl (C=O) groups is 4. The summed E-state index contributed by atoms with van der Waals surface area (Å²) >= 11 is 0. The lowest BCUT2D eigenvalue weighted by atomic mass is 9.87. The van der Waals surface area contributed by atoms with Crippen LogP contribution >= 0.6 is 0 Å². The maximum Gasteiger partial charge on any atom is 0.341 e. The van der Waals surface area contributed by atoms with E-state index < -0.39 is 48.4 Å². The van der Waals surface area contributed by atoms with Crippen LogP contribution in [0.15, 0.2) is 74.0 Å². The van der Waals surface area contributed by atoms with Crippen LogP contribution in [-0.4, -0.2) is 202 Å². The number of alkyl halides is 6. The van der Waals surface area contributed by atoms with E-state index in [1.807, 2.05) is 59.7 Å². The van der Waals surface area contributed by atoms with Crippen LogP contribution < -0.4 is 31.1 Å². The Morgan fingerprint density at radius 2 is 0.798 bits per heavy atom. The summed E-state index contributed by atoms with van der Waals surface area (Å²) < 4.78 is 106. The van der Waals surface area contributed by atoms with Gasteiger partial charge in [-0.25, -0.2) is 59.6 Å². The van der Waals surface area contributed by atoms with Crippen molar-refractivity contribution in [3.05, 3.63) is 108 Å². The smallest absolute Gasteiger partial charge is 0.341 e. The van der Waals surface area contributed by atoms with Gasteiger partial charge in [0.25, 0.3) is 31.1 Å². The van der Waals surface area contributed by atoms with Crippen molar-refractivity contribution < 1.29 is 75.1 Å². The molecule has 6 fully saturated rings. The minimum absolute atomic E-state index is 0.00227. The number of carboxylic acids is 1. The molecular weight excluding hydrogens is 1430 g/mol. The third-order valence-corrected chi connectivity index (χ3v) is 20.6. The Balaban J connectivity index is 0.000000142. The highest BCUT2D eigenvalue weighted by Gasteiger charge is 2.34. The Kier molecular flexibility index (Phi) is 25.1. The lowest BCUT2D eigenvalue weighted by Crippen LogP contribution is -2.45. The number of aliphatic hydroxyl groups excluding tert-OH is 2. The minimum Gasteiger partial charge on any atom is -0.477 e. The fourth-order valence-electron chi connectivity index (χ4n) is 15.2. The summed E-state index contributed by atoms with van der Waals surface area (Å²) in [7, 11) is 0. The first-order valence-electron chi connectivity index (χ1n) is 36.9. The molecule has 9 aromatic heterocycles. The van der Waals surface area contributed by atoms with Gasteiger partial charge in [-0.2, -0.15) is 30.6 Å². The number of aldehydes is 1. The van der Waals surface area contributed by atoms with Gasteiger partial charge in [0, 0.05) is 95.6 Å². The average molecular weight is 1530 g/mol. The van der Waals surface area contributed by atoms with E-state index in [-0.39, 0.29) is 119 Å². The summed E-state index contributed by atoms with van der Waals surface area (Å²) in [4.78, 5) is 68.6. The fraction of sp³-hybridized carbons (Fsp3) is 0.569. The zero-order valence-electron chi connectivity index (χ0n) is 61.4. The summed E-state index contributed by atoms with van der Waals surface area (Å²) in [5.41, 5.74) is 5.72. The number of carboxylic acid groups (broad SMARTS) is 1. The second-order valence-electron chi connectivity index (χ2n) is 29.1. The number of anilines is 6. The van der Waals surface area contributed by atoms with E-state index in [2.05, 4.69) is 70.9 Å². The van der Waals surface area contributed by atoms with Crippen molar-refractivity contribution in [1.82, 2.24) is 73.1 Å². The first-order chi connectivity index (χ1) is 52.3. The predicted octanol–water partition coefficient (Wildman–Crippen LogP) is 10.3. The highest BCUT2D eigenvalue weighted by Crippen LogP contribution is 2.39. The Hall–Kier alpha value is -9.85.